The van der Waals surface area contributed by atoms with Crippen LogP contribution in [-0.4, -0.2) is 46.0 Å². The smallest absolute Gasteiger partial charge is 0.264 e. The predicted octanol–water partition coefficient (Wildman–Crippen LogP) is 4.70. The van der Waals surface area contributed by atoms with Crippen LogP contribution in [0.25, 0.3) is 0 Å². The third-order valence-corrected chi connectivity index (χ3v) is 8.31. The second kappa shape index (κ2) is 12.0. The van der Waals surface area contributed by atoms with Crippen LogP contribution in [0.5, 0.6) is 0 Å². The van der Waals surface area contributed by atoms with Gasteiger partial charge in [0.25, 0.3) is 15.9 Å². The molecule has 1 aliphatic rings. The van der Waals surface area contributed by atoms with Crippen LogP contribution in [0.15, 0.2) is 71.6 Å². The molecule has 0 bridgehead atoms. The topological polar surface area (TPSA) is 105 Å². The fraction of sp³-hybridized carbons (Fsp3) is 0.286. The third kappa shape index (κ3) is 6.53. The number of hydrogen-bond donors (Lipinski definition) is 2. The summed E-state index contributed by atoms with van der Waals surface area (Å²) in [5.41, 5.74) is 2.37. The highest BCUT2D eigenvalue weighted by Crippen LogP contribution is 2.30. The Labute approximate surface area is 228 Å². The first kappa shape index (κ1) is 27.6. The van der Waals surface area contributed by atoms with E-state index in [0.717, 1.165) is 22.7 Å². The Hall–Kier alpha value is -3.40. The molecule has 10 heteroatoms. The lowest BCUT2D eigenvalue weighted by Gasteiger charge is -2.26. The molecule has 1 atom stereocenters. The van der Waals surface area contributed by atoms with Crippen molar-refractivity contribution in [2.24, 2.45) is 0 Å². The molecular weight excluding hydrogens is 526 g/mol. The van der Waals surface area contributed by atoms with Crippen molar-refractivity contribution in [1.29, 1.82) is 0 Å². The van der Waals surface area contributed by atoms with Crippen molar-refractivity contribution >= 4 is 44.8 Å². The number of hydrogen-bond acceptors (Lipinski definition) is 5. The van der Waals surface area contributed by atoms with Gasteiger partial charge in [0.05, 0.1) is 27.9 Å². The fourth-order valence-electron chi connectivity index (χ4n) is 4.21. The lowest BCUT2D eigenvalue weighted by molar-refractivity contribution is -0.114. The van der Waals surface area contributed by atoms with Crippen LogP contribution in [0.3, 0.4) is 0 Å². The molecular formula is C28H30ClN3O5S. The summed E-state index contributed by atoms with van der Waals surface area (Å²) in [6.45, 7) is 4.13. The summed E-state index contributed by atoms with van der Waals surface area (Å²) in [5, 5.41) is 5.90. The molecule has 1 saturated heterocycles. The van der Waals surface area contributed by atoms with E-state index in [9.17, 15) is 18.0 Å². The van der Waals surface area contributed by atoms with Gasteiger partial charge in [0.2, 0.25) is 5.91 Å². The summed E-state index contributed by atoms with van der Waals surface area (Å²) in [6.07, 6.45) is 1.82. The molecule has 0 unspecified atom stereocenters. The normalized spacial score (nSPS) is 15.2. The number of sulfonamides is 1. The fourth-order valence-corrected chi connectivity index (χ4v) is 5.85. The summed E-state index contributed by atoms with van der Waals surface area (Å²) < 4.78 is 34.0. The molecule has 0 aliphatic carbocycles. The molecule has 8 nitrogen and oxygen atoms in total. The minimum Gasteiger partial charge on any atom is -0.376 e. The van der Waals surface area contributed by atoms with Crippen molar-refractivity contribution in [3.8, 4) is 0 Å². The lowest BCUT2D eigenvalue weighted by Crippen LogP contribution is -2.39. The maximum absolute atomic E-state index is 13.7. The number of aryl methyl sites for hydroxylation is 2. The Kier molecular flexibility index (Phi) is 8.71. The van der Waals surface area contributed by atoms with Crippen molar-refractivity contribution in [2.75, 3.05) is 29.3 Å². The number of amides is 2. The molecule has 1 fully saturated rings. The van der Waals surface area contributed by atoms with Gasteiger partial charge in [0.1, 0.15) is 6.54 Å². The number of halogens is 1. The molecule has 38 heavy (non-hydrogen) atoms. The van der Waals surface area contributed by atoms with Crippen molar-refractivity contribution in [1.82, 2.24) is 5.32 Å². The van der Waals surface area contributed by atoms with E-state index < -0.39 is 22.5 Å². The van der Waals surface area contributed by atoms with Crippen molar-refractivity contribution in [3.63, 3.8) is 0 Å². The maximum Gasteiger partial charge on any atom is 0.264 e. The molecule has 1 heterocycles. The number of carbonyl (C=O) groups excluding carboxylic acids is 2. The number of nitrogens with one attached hydrogen (secondary N) is 2. The SMILES string of the molecule is Cc1ccc(S(=O)(=O)N(CC(=O)Nc2ccccc2C(=O)NC[C@@H]2CCCO2)c2cc(Cl)ccc2C)cc1. The zero-order valence-corrected chi connectivity index (χ0v) is 22.8. The summed E-state index contributed by atoms with van der Waals surface area (Å²) in [5.74, 6) is -0.967. The summed E-state index contributed by atoms with van der Waals surface area (Å²) in [7, 11) is -4.12. The minimum absolute atomic E-state index is 0.0258. The quantitative estimate of drug-likeness (QED) is 0.398. The average Bonchev–Trinajstić information content (AvgIpc) is 3.42. The molecule has 2 N–H and O–H groups in total. The number of rotatable bonds is 9. The number of anilines is 2. The second-order valence-corrected chi connectivity index (χ2v) is 11.5. The molecule has 3 aromatic carbocycles. The van der Waals surface area contributed by atoms with Crippen LogP contribution in [0, 0.1) is 13.8 Å². The van der Waals surface area contributed by atoms with E-state index in [1.165, 1.54) is 18.2 Å². The summed E-state index contributed by atoms with van der Waals surface area (Å²) in [6, 6.07) is 17.8. The Morgan fingerprint density at radius 3 is 2.50 bits per heavy atom. The zero-order valence-electron chi connectivity index (χ0n) is 21.2. The van der Waals surface area contributed by atoms with Crippen LogP contribution in [0.2, 0.25) is 5.02 Å². The molecule has 0 radical (unpaired) electrons. The highest BCUT2D eigenvalue weighted by Gasteiger charge is 2.29. The highest BCUT2D eigenvalue weighted by molar-refractivity contribution is 7.92. The minimum atomic E-state index is -4.12. The van der Waals surface area contributed by atoms with E-state index in [-0.39, 0.29) is 33.8 Å². The van der Waals surface area contributed by atoms with Gasteiger partial charge in [-0.25, -0.2) is 8.42 Å². The van der Waals surface area contributed by atoms with Gasteiger partial charge in [-0.15, -0.1) is 0 Å². The summed E-state index contributed by atoms with van der Waals surface area (Å²) >= 11 is 6.20. The van der Waals surface area contributed by atoms with Gasteiger partial charge in [0, 0.05) is 18.2 Å². The predicted molar refractivity (Wildman–Crippen MR) is 148 cm³/mol. The second-order valence-electron chi connectivity index (χ2n) is 9.19. The number of ether oxygens (including phenoxy) is 1. The van der Waals surface area contributed by atoms with Crippen LogP contribution >= 0.6 is 11.6 Å². The Bertz CT molecular complexity index is 1420. The lowest BCUT2D eigenvalue weighted by atomic mass is 10.1. The van der Waals surface area contributed by atoms with Crippen LogP contribution in [0.1, 0.15) is 34.3 Å². The Balaban J connectivity index is 1.59. The van der Waals surface area contributed by atoms with E-state index >= 15 is 0 Å². The molecule has 0 aromatic heterocycles. The van der Waals surface area contributed by atoms with Gasteiger partial charge in [0.15, 0.2) is 0 Å². The monoisotopic (exact) mass is 555 g/mol. The van der Waals surface area contributed by atoms with Gasteiger partial charge in [-0.05, 0) is 68.7 Å². The Morgan fingerprint density at radius 1 is 1.05 bits per heavy atom. The van der Waals surface area contributed by atoms with Crippen molar-refractivity contribution < 1.29 is 22.7 Å². The molecule has 1 aliphatic heterocycles. The van der Waals surface area contributed by atoms with E-state index in [1.807, 2.05) is 6.92 Å². The van der Waals surface area contributed by atoms with Crippen LogP contribution in [0.4, 0.5) is 11.4 Å². The highest BCUT2D eigenvalue weighted by atomic mass is 35.5. The van der Waals surface area contributed by atoms with Crippen molar-refractivity contribution in [3.05, 3.63) is 88.4 Å². The van der Waals surface area contributed by atoms with Gasteiger partial charge in [-0.2, -0.15) is 0 Å². The zero-order chi connectivity index (χ0) is 27.3. The van der Waals surface area contributed by atoms with E-state index in [2.05, 4.69) is 10.6 Å². The van der Waals surface area contributed by atoms with Crippen LogP contribution < -0.4 is 14.9 Å². The average molecular weight is 556 g/mol. The third-order valence-electron chi connectivity index (χ3n) is 6.30. The van der Waals surface area contributed by atoms with E-state index in [0.29, 0.717) is 23.7 Å². The van der Waals surface area contributed by atoms with E-state index in [1.54, 1.807) is 55.5 Å². The number of nitrogens with zero attached hydrogens (tertiary/aromatic N) is 1. The van der Waals surface area contributed by atoms with Gasteiger partial charge in [-0.3, -0.25) is 13.9 Å². The summed E-state index contributed by atoms with van der Waals surface area (Å²) in [4.78, 5) is 26.2. The van der Waals surface area contributed by atoms with Gasteiger partial charge < -0.3 is 15.4 Å². The first-order chi connectivity index (χ1) is 18.1. The van der Waals surface area contributed by atoms with E-state index in [4.69, 9.17) is 16.3 Å². The number of para-hydroxylation sites is 1. The molecule has 2 amide bonds. The molecule has 0 saturated carbocycles. The standard InChI is InChI=1S/C28H30ClN3O5S/c1-19-9-13-23(14-10-19)38(35,36)32(26-16-21(29)12-11-20(26)2)18-27(33)31-25-8-4-3-7-24(25)28(34)30-17-22-6-5-15-37-22/h3-4,7-14,16,22H,5-6,15,17-18H2,1-2H3,(H,30,34)(H,31,33)/t22-/m0/s1. The first-order valence-corrected chi connectivity index (χ1v) is 14.1. The van der Waals surface area contributed by atoms with Crippen LogP contribution in [-0.2, 0) is 19.6 Å². The Morgan fingerprint density at radius 2 is 1.79 bits per heavy atom. The number of carbonyl (C=O) groups is 2. The van der Waals surface area contributed by atoms with Crippen molar-refractivity contribution in [2.45, 2.75) is 37.7 Å². The molecule has 3 aromatic rings. The maximum atomic E-state index is 13.7. The molecule has 4 rings (SSSR count). The first-order valence-electron chi connectivity index (χ1n) is 12.3. The largest absolute Gasteiger partial charge is 0.376 e. The number of benzene rings is 3. The van der Waals surface area contributed by atoms with Gasteiger partial charge in [-0.1, -0.05) is 47.5 Å². The van der Waals surface area contributed by atoms with Gasteiger partial charge >= 0.3 is 0 Å². The molecule has 200 valence electrons. The molecule has 0 spiro atoms.